The van der Waals surface area contributed by atoms with Gasteiger partial charge in [0.1, 0.15) is 24.3 Å². The number of aromatic nitrogens is 2. The van der Waals surface area contributed by atoms with E-state index in [4.69, 9.17) is 24.1 Å². The highest BCUT2D eigenvalue weighted by molar-refractivity contribution is 9.10. The number of carboxylic acids is 1. The van der Waals surface area contributed by atoms with Crippen molar-refractivity contribution in [3.05, 3.63) is 33.3 Å². The second-order valence-electron chi connectivity index (χ2n) is 10.5. The quantitative estimate of drug-likeness (QED) is 0.194. The maximum atomic E-state index is 12.9. The molecule has 14 heteroatoms. The van der Waals surface area contributed by atoms with Crippen LogP contribution >= 0.6 is 15.9 Å². The van der Waals surface area contributed by atoms with Crippen molar-refractivity contribution < 1.29 is 37.3 Å². The lowest BCUT2D eigenvalue weighted by Gasteiger charge is -2.16. The predicted octanol–water partition coefficient (Wildman–Crippen LogP) is 5.80. The molecule has 0 saturated carbocycles. The third kappa shape index (κ3) is 12.5. The van der Waals surface area contributed by atoms with Crippen molar-refractivity contribution in [1.82, 2.24) is 9.55 Å². The topological polar surface area (TPSA) is 99.9 Å². The summed E-state index contributed by atoms with van der Waals surface area (Å²) in [6, 6.07) is 5.72. The molecule has 2 aromatic rings. The standard InChI is InChI=1S/C20H33BrN2O4Si2.C2HF3O2/c1-28(2,3)9-7-25-14-23-13-22-19-17(20(23)24)11-16(21)12-18(19)27-15-26-8-10-29(4,5)6;3-2(4,5)1(6)7/h11-13H,7-10,14-15H2,1-6H3;(H,6,7). The Balaban J connectivity index is 0.000000809. The van der Waals surface area contributed by atoms with Gasteiger partial charge in [-0.1, -0.05) is 55.2 Å². The van der Waals surface area contributed by atoms with E-state index in [0.29, 0.717) is 29.9 Å². The minimum atomic E-state index is -5.08. The third-order valence-corrected chi connectivity index (χ3v) is 8.49. The molecule has 0 aliphatic heterocycles. The summed E-state index contributed by atoms with van der Waals surface area (Å²) in [5.41, 5.74) is 0.388. The fourth-order valence-electron chi connectivity index (χ4n) is 2.49. The highest BCUT2D eigenvalue weighted by Gasteiger charge is 2.38. The number of alkyl halides is 3. The van der Waals surface area contributed by atoms with E-state index in [9.17, 15) is 18.0 Å². The molecule has 1 aromatic heterocycles. The SMILES string of the molecule is C[Si](C)(C)CCOCOc1cc(Br)cc2c(=O)n(COCC[Si](C)(C)C)cnc12.O=C(O)C(F)(F)F. The van der Waals surface area contributed by atoms with E-state index in [1.165, 1.54) is 10.9 Å². The summed E-state index contributed by atoms with van der Waals surface area (Å²) in [5, 5.41) is 7.62. The largest absolute Gasteiger partial charge is 0.490 e. The molecular formula is C22H34BrF3N2O6Si2. The van der Waals surface area contributed by atoms with E-state index in [1.807, 2.05) is 6.07 Å². The number of rotatable bonds is 11. The van der Waals surface area contributed by atoms with Crippen LogP contribution in [0.3, 0.4) is 0 Å². The Morgan fingerprint density at radius 3 is 2.08 bits per heavy atom. The Labute approximate surface area is 218 Å². The van der Waals surface area contributed by atoms with Gasteiger partial charge in [-0.15, -0.1) is 0 Å². The van der Waals surface area contributed by atoms with Gasteiger partial charge < -0.3 is 19.3 Å². The van der Waals surface area contributed by atoms with Crippen molar-refractivity contribution >= 4 is 48.9 Å². The smallest absolute Gasteiger partial charge is 0.475 e. The molecule has 0 radical (unpaired) electrons. The van der Waals surface area contributed by atoms with Gasteiger partial charge in [0.05, 0.1) is 5.39 Å². The summed E-state index contributed by atoms with van der Waals surface area (Å²) in [6.45, 7) is 15.5. The Hall–Kier alpha value is -1.75. The molecule has 0 bridgehead atoms. The first-order valence-corrected chi connectivity index (χ1v) is 19.4. The molecule has 0 unspecified atom stereocenters. The number of carbonyl (C=O) groups is 1. The fraction of sp³-hybridized carbons (Fsp3) is 0.591. The lowest BCUT2D eigenvalue weighted by molar-refractivity contribution is -0.192. The van der Waals surface area contributed by atoms with E-state index >= 15 is 0 Å². The van der Waals surface area contributed by atoms with Gasteiger partial charge in [0.2, 0.25) is 0 Å². The van der Waals surface area contributed by atoms with Gasteiger partial charge in [0.15, 0.2) is 6.79 Å². The van der Waals surface area contributed by atoms with E-state index in [2.05, 4.69) is 60.2 Å². The molecule has 0 aliphatic carbocycles. The van der Waals surface area contributed by atoms with E-state index in [-0.39, 0.29) is 19.1 Å². The molecular weight excluding hydrogens is 581 g/mol. The Morgan fingerprint density at radius 1 is 1.06 bits per heavy atom. The Kier molecular flexibility index (Phi) is 12.3. The maximum Gasteiger partial charge on any atom is 0.490 e. The third-order valence-electron chi connectivity index (χ3n) is 4.62. The molecule has 0 atom stereocenters. The molecule has 0 amide bonds. The van der Waals surface area contributed by atoms with Crippen molar-refractivity contribution in [3.63, 3.8) is 0 Å². The monoisotopic (exact) mass is 614 g/mol. The number of benzene rings is 1. The van der Waals surface area contributed by atoms with Crippen molar-refractivity contribution in [1.29, 1.82) is 0 Å². The summed E-state index contributed by atoms with van der Waals surface area (Å²) < 4.78 is 51.1. The first-order valence-electron chi connectivity index (χ1n) is 11.2. The molecule has 204 valence electrons. The zero-order chi connectivity index (χ0) is 27.7. The van der Waals surface area contributed by atoms with Gasteiger partial charge in [-0.3, -0.25) is 9.36 Å². The number of carboxylic acid groups (broad SMARTS) is 1. The number of halogens is 4. The van der Waals surface area contributed by atoms with Crippen molar-refractivity contribution in [2.24, 2.45) is 0 Å². The van der Waals surface area contributed by atoms with Crippen LogP contribution in [0.2, 0.25) is 51.4 Å². The molecule has 0 saturated heterocycles. The summed E-state index contributed by atoms with van der Waals surface area (Å²) >= 11 is 3.46. The van der Waals surface area contributed by atoms with Crippen LogP contribution in [0.25, 0.3) is 10.9 Å². The van der Waals surface area contributed by atoms with Gasteiger partial charge in [-0.25, -0.2) is 9.78 Å². The minimum absolute atomic E-state index is 0.139. The van der Waals surface area contributed by atoms with E-state index in [1.54, 1.807) is 6.07 Å². The number of hydrogen-bond acceptors (Lipinski definition) is 6. The molecule has 2 rings (SSSR count). The molecule has 1 aromatic carbocycles. The molecule has 36 heavy (non-hydrogen) atoms. The Bertz CT molecular complexity index is 1070. The van der Waals surface area contributed by atoms with Gasteiger partial charge in [0, 0.05) is 33.8 Å². The minimum Gasteiger partial charge on any atom is -0.475 e. The second-order valence-corrected chi connectivity index (χ2v) is 22.6. The van der Waals surface area contributed by atoms with Gasteiger partial charge in [-0.2, -0.15) is 13.2 Å². The van der Waals surface area contributed by atoms with Crippen LogP contribution in [-0.4, -0.2) is 63.0 Å². The first kappa shape index (κ1) is 32.3. The first-order chi connectivity index (χ1) is 16.4. The molecule has 1 N–H and O–H groups in total. The van der Waals surface area contributed by atoms with Crippen molar-refractivity contribution in [3.8, 4) is 5.75 Å². The summed E-state index contributed by atoms with van der Waals surface area (Å²) in [7, 11) is -2.29. The summed E-state index contributed by atoms with van der Waals surface area (Å²) in [5.74, 6) is -2.22. The number of nitrogens with zero attached hydrogens (tertiary/aromatic N) is 2. The average Bonchev–Trinajstić information content (AvgIpc) is 2.71. The molecule has 8 nitrogen and oxygen atoms in total. The fourth-order valence-corrected chi connectivity index (χ4v) is 4.44. The van der Waals surface area contributed by atoms with E-state index < -0.39 is 28.3 Å². The van der Waals surface area contributed by atoms with Crippen molar-refractivity contribution in [2.75, 3.05) is 20.0 Å². The van der Waals surface area contributed by atoms with Crippen molar-refractivity contribution in [2.45, 2.75) is 64.3 Å². The number of hydrogen-bond donors (Lipinski definition) is 1. The number of aliphatic carboxylic acids is 1. The van der Waals surface area contributed by atoms with Gasteiger partial charge >= 0.3 is 12.1 Å². The highest BCUT2D eigenvalue weighted by Crippen LogP contribution is 2.27. The zero-order valence-corrected chi connectivity index (χ0v) is 25.0. The van der Waals surface area contributed by atoms with E-state index in [0.717, 1.165) is 16.6 Å². The van der Waals surface area contributed by atoms with Gasteiger partial charge in [0.25, 0.3) is 5.56 Å². The molecule has 0 aliphatic rings. The van der Waals surface area contributed by atoms with Crippen LogP contribution < -0.4 is 10.3 Å². The van der Waals surface area contributed by atoms with Crippen LogP contribution in [0.5, 0.6) is 5.75 Å². The predicted molar refractivity (Wildman–Crippen MR) is 141 cm³/mol. The summed E-state index contributed by atoms with van der Waals surface area (Å²) in [4.78, 5) is 26.2. The molecule has 0 spiro atoms. The van der Waals surface area contributed by atoms with Crippen LogP contribution in [0, 0.1) is 0 Å². The van der Waals surface area contributed by atoms with Crippen LogP contribution in [0.15, 0.2) is 27.7 Å². The van der Waals surface area contributed by atoms with Gasteiger partial charge in [-0.05, 0) is 24.2 Å². The molecule has 1 heterocycles. The average molecular weight is 616 g/mol. The summed E-state index contributed by atoms with van der Waals surface area (Å²) in [6.07, 6.45) is -3.56. The Morgan fingerprint density at radius 2 is 1.58 bits per heavy atom. The zero-order valence-electron chi connectivity index (χ0n) is 21.4. The van der Waals surface area contributed by atoms with Crippen LogP contribution in [-0.2, 0) is 21.0 Å². The normalized spacial score (nSPS) is 12.3. The lowest BCUT2D eigenvalue weighted by Crippen LogP contribution is -2.25. The maximum absolute atomic E-state index is 12.9. The lowest BCUT2D eigenvalue weighted by atomic mass is 10.2. The number of ether oxygens (including phenoxy) is 3. The van der Waals surface area contributed by atoms with Crippen LogP contribution in [0.4, 0.5) is 13.2 Å². The number of fused-ring (bicyclic) bond motifs is 1. The van der Waals surface area contributed by atoms with Crippen LogP contribution in [0.1, 0.15) is 0 Å². The highest BCUT2D eigenvalue weighted by atomic mass is 79.9. The molecule has 0 fully saturated rings. The second kappa shape index (κ2) is 13.7.